The lowest BCUT2D eigenvalue weighted by Gasteiger charge is -2.37. The van der Waals surface area contributed by atoms with Gasteiger partial charge in [0.1, 0.15) is 0 Å². The maximum Gasteiger partial charge on any atom is 0.337 e. The first-order chi connectivity index (χ1) is 9.60. The van der Waals surface area contributed by atoms with Crippen LogP contribution in [0, 0.1) is 0 Å². The van der Waals surface area contributed by atoms with Crippen LogP contribution in [0.15, 0.2) is 23.1 Å². The molecule has 0 saturated carbocycles. The summed E-state index contributed by atoms with van der Waals surface area (Å²) < 4.78 is 22.6. The Hall–Kier alpha value is -1.64. The predicted octanol–water partition coefficient (Wildman–Crippen LogP) is 0.383. The van der Waals surface area contributed by atoms with Crippen molar-refractivity contribution in [3.63, 3.8) is 0 Å². The van der Waals surface area contributed by atoms with Crippen LogP contribution < -0.4 is 10.0 Å². The van der Waals surface area contributed by atoms with Crippen LogP contribution in [0.5, 0.6) is 0 Å². The monoisotopic (exact) mass is 314 g/mol. The highest BCUT2D eigenvalue weighted by Gasteiger charge is 2.29. The number of piperidine rings is 1. The Morgan fingerprint density at radius 3 is 2.38 bits per heavy atom. The quantitative estimate of drug-likeness (QED) is 0.742. The fourth-order valence-electron chi connectivity index (χ4n) is 2.37. The minimum absolute atomic E-state index is 0.108. The van der Waals surface area contributed by atoms with Gasteiger partial charge >= 0.3 is 5.97 Å². The number of carboxylic acid groups (broad SMARTS) is 1. The Labute approximate surface area is 123 Å². The molecule has 0 amide bonds. The molecule has 1 aliphatic heterocycles. The van der Waals surface area contributed by atoms with Crippen LogP contribution in [0.2, 0.25) is 0 Å². The Morgan fingerprint density at radius 1 is 1.33 bits per heavy atom. The summed E-state index contributed by atoms with van der Waals surface area (Å²) in [5.41, 5.74) is -0.422. The summed E-state index contributed by atoms with van der Waals surface area (Å²) >= 11 is 0. The molecule has 0 radical (unpaired) electrons. The first-order valence-electron chi connectivity index (χ1n) is 6.48. The first kappa shape index (κ1) is 15.7. The average Bonchev–Trinajstić information content (AvgIpc) is 2.37. The standard InChI is InChI=1S/C13H18N2O5S/c1-13(18)4-6-15(7-5-13)11-3-2-9(21(14,19)20)8-10(11)12(16)17/h2-3,8,18H,4-7H2,1H3,(H,16,17)(H2,14,19,20). The molecule has 7 nitrogen and oxygen atoms in total. The maximum atomic E-state index is 11.4. The molecule has 0 aromatic heterocycles. The van der Waals surface area contributed by atoms with Crippen molar-refractivity contribution in [2.75, 3.05) is 18.0 Å². The fraction of sp³-hybridized carbons (Fsp3) is 0.462. The third-order valence-corrected chi connectivity index (χ3v) is 4.62. The van der Waals surface area contributed by atoms with E-state index in [4.69, 9.17) is 5.14 Å². The van der Waals surface area contributed by atoms with E-state index in [1.165, 1.54) is 12.1 Å². The Morgan fingerprint density at radius 2 is 1.90 bits per heavy atom. The van der Waals surface area contributed by atoms with Gasteiger partial charge in [0.05, 0.1) is 21.7 Å². The van der Waals surface area contributed by atoms with Crippen LogP contribution in [-0.2, 0) is 10.0 Å². The third kappa shape index (κ3) is 3.52. The summed E-state index contributed by atoms with van der Waals surface area (Å²) in [6, 6.07) is 3.81. The van der Waals surface area contributed by atoms with Gasteiger partial charge in [0.25, 0.3) is 0 Å². The normalized spacial score (nSPS) is 18.5. The number of primary sulfonamides is 1. The van der Waals surface area contributed by atoms with E-state index >= 15 is 0 Å². The smallest absolute Gasteiger partial charge is 0.337 e. The molecule has 1 heterocycles. The largest absolute Gasteiger partial charge is 0.478 e. The van der Waals surface area contributed by atoms with E-state index in [1.54, 1.807) is 6.92 Å². The third-order valence-electron chi connectivity index (χ3n) is 3.71. The highest BCUT2D eigenvalue weighted by molar-refractivity contribution is 7.89. The highest BCUT2D eigenvalue weighted by atomic mass is 32.2. The van der Waals surface area contributed by atoms with E-state index < -0.39 is 21.6 Å². The van der Waals surface area contributed by atoms with Crippen molar-refractivity contribution in [3.05, 3.63) is 23.8 Å². The molecule has 0 atom stereocenters. The number of carbonyl (C=O) groups is 1. The minimum Gasteiger partial charge on any atom is -0.478 e. The van der Waals surface area contributed by atoms with Crippen LogP contribution in [0.1, 0.15) is 30.1 Å². The van der Waals surface area contributed by atoms with E-state index in [2.05, 4.69) is 0 Å². The van der Waals surface area contributed by atoms with Crippen LogP contribution >= 0.6 is 0 Å². The molecule has 21 heavy (non-hydrogen) atoms. The summed E-state index contributed by atoms with van der Waals surface area (Å²) in [6.45, 7) is 2.75. The number of hydrogen-bond donors (Lipinski definition) is 3. The maximum absolute atomic E-state index is 11.4. The minimum atomic E-state index is -3.95. The second kappa shape index (κ2) is 5.28. The van der Waals surface area contributed by atoms with E-state index in [-0.39, 0.29) is 10.5 Å². The SMILES string of the molecule is CC1(O)CCN(c2ccc(S(N)(=O)=O)cc2C(=O)O)CC1. The molecule has 8 heteroatoms. The molecular formula is C13H18N2O5S. The van der Waals surface area contributed by atoms with E-state index in [1.807, 2.05) is 4.90 Å². The van der Waals surface area contributed by atoms with Crippen molar-refractivity contribution < 1.29 is 23.4 Å². The number of carboxylic acids is 1. The zero-order valence-corrected chi connectivity index (χ0v) is 12.4. The lowest BCUT2D eigenvalue weighted by molar-refractivity contribution is 0.0351. The van der Waals surface area contributed by atoms with Crippen LogP contribution in [-0.4, -0.2) is 43.3 Å². The molecule has 0 bridgehead atoms. The van der Waals surface area contributed by atoms with E-state index in [0.717, 1.165) is 6.07 Å². The van der Waals surface area contributed by atoms with Gasteiger partial charge in [0.2, 0.25) is 10.0 Å². The molecule has 2 rings (SSSR count). The Bertz CT molecular complexity index is 659. The lowest BCUT2D eigenvalue weighted by Crippen LogP contribution is -2.43. The average molecular weight is 314 g/mol. The highest BCUT2D eigenvalue weighted by Crippen LogP contribution is 2.29. The van der Waals surface area contributed by atoms with Crippen molar-refractivity contribution in [2.24, 2.45) is 5.14 Å². The fourth-order valence-corrected chi connectivity index (χ4v) is 2.91. The molecular weight excluding hydrogens is 296 g/mol. The van der Waals surface area contributed by atoms with Gasteiger partial charge in [-0.1, -0.05) is 0 Å². The topological polar surface area (TPSA) is 121 Å². The molecule has 1 aliphatic rings. The van der Waals surface area contributed by atoms with Crippen molar-refractivity contribution in [3.8, 4) is 0 Å². The number of anilines is 1. The molecule has 1 fully saturated rings. The van der Waals surface area contributed by atoms with Crippen molar-refractivity contribution in [2.45, 2.75) is 30.3 Å². The lowest BCUT2D eigenvalue weighted by atomic mass is 9.93. The molecule has 4 N–H and O–H groups in total. The number of nitrogens with two attached hydrogens (primary N) is 1. The number of hydrogen-bond acceptors (Lipinski definition) is 5. The van der Waals surface area contributed by atoms with E-state index in [9.17, 15) is 23.4 Å². The molecule has 1 aromatic carbocycles. The van der Waals surface area contributed by atoms with Gasteiger partial charge < -0.3 is 15.1 Å². The predicted molar refractivity (Wildman–Crippen MR) is 76.8 cm³/mol. The van der Waals surface area contributed by atoms with Crippen molar-refractivity contribution >= 4 is 21.7 Å². The van der Waals surface area contributed by atoms with Crippen molar-refractivity contribution in [1.29, 1.82) is 0 Å². The van der Waals surface area contributed by atoms with Gasteiger partial charge in [-0.3, -0.25) is 0 Å². The summed E-state index contributed by atoms with van der Waals surface area (Å²) in [7, 11) is -3.95. The van der Waals surface area contributed by atoms with Gasteiger partial charge in [-0.05, 0) is 38.0 Å². The number of sulfonamides is 1. The summed E-state index contributed by atoms with van der Waals surface area (Å²) in [5.74, 6) is -1.21. The first-order valence-corrected chi connectivity index (χ1v) is 8.02. The second-order valence-electron chi connectivity index (χ2n) is 5.51. The molecule has 1 aromatic rings. The van der Waals surface area contributed by atoms with Gasteiger partial charge in [0, 0.05) is 13.1 Å². The summed E-state index contributed by atoms with van der Waals surface area (Å²) in [4.78, 5) is 13.0. The molecule has 1 saturated heterocycles. The number of aliphatic hydroxyl groups is 1. The van der Waals surface area contributed by atoms with Gasteiger partial charge in [0.15, 0.2) is 0 Å². The number of rotatable bonds is 3. The van der Waals surface area contributed by atoms with Crippen molar-refractivity contribution in [1.82, 2.24) is 0 Å². The number of nitrogens with zero attached hydrogens (tertiary/aromatic N) is 1. The molecule has 0 aliphatic carbocycles. The zero-order chi connectivity index (χ0) is 15.8. The van der Waals surface area contributed by atoms with Crippen LogP contribution in [0.4, 0.5) is 5.69 Å². The summed E-state index contributed by atoms with van der Waals surface area (Å²) in [6.07, 6.45) is 1.03. The molecule has 0 unspecified atom stereocenters. The molecule has 116 valence electrons. The van der Waals surface area contributed by atoms with Crippen LogP contribution in [0.25, 0.3) is 0 Å². The Balaban J connectivity index is 2.38. The van der Waals surface area contributed by atoms with Gasteiger partial charge in [-0.15, -0.1) is 0 Å². The van der Waals surface area contributed by atoms with Crippen LogP contribution in [0.3, 0.4) is 0 Å². The number of aromatic carboxylic acids is 1. The second-order valence-corrected chi connectivity index (χ2v) is 7.07. The van der Waals surface area contributed by atoms with Gasteiger partial charge in [-0.25, -0.2) is 18.4 Å². The molecule has 0 spiro atoms. The Kier molecular flexibility index (Phi) is 3.96. The zero-order valence-electron chi connectivity index (χ0n) is 11.6. The van der Waals surface area contributed by atoms with Gasteiger partial charge in [-0.2, -0.15) is 0 Å². The number of benzene rings is 1. The summed E-state index contributed by atoms with van der Waals surface area (Å²) in [5, 5.41) is 24.2. The van der Waals surface area contributed by atoms with E-state index in [0.29, 0.717) is 31.6 Å².